The maximum atomic E-state index is 3.55. The van der Waals surface area contributed by atoms with Gasteiger partial charge in [0.2, 0.25) is 0 Å². The van der Waals surface area contributed by atoms with Crippen molar-refractivity contribution < 1.29 is 0 Å². The van der Waals surface area contributed by atoms with Gasteiger partial charge in [0.25, 0.3) is 0 Å². The topological polar surface area (TPSA) is 15.3 Å². The zero-order valence-electron chi connectivity index (χ0n) is 13.9. The normalized spacial score (nSPS) is 14.8. The molecule has 1 rings (SSSR count). The molecule has 0 aliphatic heterocycles. The molecule has 0 saturated heterocycles. The average Bonchev–Trinajstić information content (AvgIpc) is 2.47. The lowest BCUT2D eigenvalue weighted by molar-refractivity contribution is 0.124. The van der Waals surface area contributed by atoms with Gasteiger partial charge in [-0.15, -0.1) is 0 Å². The molecule has 1 aromatic rings. The van der Waals surface area contributed by atoms with Gasteiger partial charge in [0, 0.05) is 12.1 Å². The molecule has 2 atom stereocenters. The summed E-state index contributed by atoms with van der Waals surface area (Å²) < 4.78 is 0. The fraction of sp³-hybridized carbons (Fsp3) is 0.667. The first-order chi connectivity index (χ1) is 9.65. The molecule has 0 saturated carbocycles. The number of likely N-dealkylation sites (N-methyl/N-ethyl adjacent to an activating group) is 2. The van der Waals surface area contributed by atoms with E-state index < -0.39 is 0 Å². The fourth-order valence-electron chi connectivity index (χ4n) is 3.09. The van der Waals surface area contributed by atoms with Gasteiger partial charge in [-0.25, -0.2) is 0 Å². The molecule has 0 fully saturated rings. The van der Waals surface area contributed by atoms with Crippen LogP contribution in [-0.2, 0) is 0 Å². The van der Waals surface area contributed by atoms with Gasteiger partial charge in [-0.2, -0.15) is 0 Å². The quantitative estimate of drug-likeness (QED) is 0.730. The zero-order valence-corrected chi connectivity index (χ0v) is 13.9. The fourth-order valence-corrected chi connectivity index (χ4v) is 3.09. The minimum Gasteiger partial charge on any atom is -0.312 e. The van der Waals surface area contributed by atoms with E-state index in [0.29, 0.717) is 18.0 Å². The van der Waals surface area contributed by atoms with Crippen molar-refractivity contribution in [3.05, 3.63) is 35.9 Å². The Morgan fingerprint density at radius 1 is 1.10 bits per heavy atom. The summed E-state index contributed by atoms with van der Waals surface area (Å²) in [6.07, 6.45) is 2.54. The van der Waals surface area contributed by atoms with E-state index in [1.807, 2.05) is 0 Å². The molecule has 0 aromatic heterocycles. The molecule has 2 nitrogen and oxygen atoms in total. The Labute approximate surface area is 125 Å². The molecule has 1 aromatic carbocycles. The minimum atomic E-state index is 0.396. The summed E-state index contributed by atoms with van der Waals surface area (Å²) >= 11 is 0. The molecule has 0 radical (unpaired) electrons. The van der Waals surface area contributed by atoms with Gasteiger partial charge in [-0.05, 0) is 38.0 Å². The van der Waals surface area contributed by atoms with E-state index >= 15 is 0 Å². The third-order valence-corrected chi connectivity index (χ3v) is 4.12. The molecule has 0 spiro atoms. The summed E-state index contributed by atoms with van der Waals surface area (Å²) in [5.41, 5.74) is 1.39. The van der Waals surface area contributed by atoms with Crippen LogP contribution in [0, 0.1) is 5.92 Å². The average molecular weight is 276 g/mol. The standard InChI is InChI=1S/C18H32N2/c1-6-8-14-20(7-2)18(15(3)4)17(19-5)16-12-10-9-11-13-16/h9-13,15,17-19H,6-8,14H2,1-5H3. The molecule has 0 aliphatic carbocycles. The first-order valence-electron chi connectivity index (χ1n) is 8.11. The molecule has 20 heavy (non-hydrogen) atoms. The van der Waals surface area contributed by atoms with Crippen molar-refractivity contribution in [2.75, 3.05) is 20.1 Å². The Balaban J connectivity index is 2.97. The van der Waals surface area contributed by atoms with Gasteiger partial charge in [0.05, 0.1) is 0 Å². The monoisotopic (exact) mass is 276 g/mol. The summed E-state index contributed by atoms with van der Waals surface area (Å²) in [6.45, 7) is 11.5. The first-order valence-corrected chi connectivity index (χ1v) is 8.11. The highest BCUT2D eigenvalue weighted by Gasteiger charge is 2.29. The highest BCUT2D eigenvalue weighted by atomic mass is 15.2. The second-order valence-corrected chi connectivity index (χ2v) is 5.89. The highest BCUT2D eigenvalue weighted by Crippen LogP contribution is 2.26. The van der Waals surface area contributed by atoms with Gasteiger partial charge in [0.15, 0.2) is 0 Å². The van der Waals surface area contributed by atoms with E-state index in [-0.39, 0.29) is 0 Å². The van der Waals surface area contributed by atoms with Crippen molar-refractivity contribution in [1.29, 1.82) is 0 Å². The van der Waals surface area contributed by atoms with Crippen molar-refractivity contribution >= 4 is 0 Å². The maximum absolute atomic E-state index is 3.55. The van der Waals surface area contributed by atoms with Gasteiger partial charge < -0.3 is 5.32 Å². The lowest BCUT2D eigenvalue weighted by Gasteiger charge is -2.39. The van der Waals surface area contributed by atoms with Crippen LogP contribution in [0.5, 0.6) is 0 Å². The van der Waals surface area contributed by atoms with E-state index in [1.54, 1.807) is 0 Å². The van der Waals surface area contributed by atoms with Crippen LogP contribution in [0.15, 0.2) is 30.3 Å². The predicted molar refractivity (Wildman–Crippen MR) is 89.0 cm³/mol. The van der Waals surface area contributed by atoms with E-state index in [0.717, 1.165) is 6.54 Å². The Hall–Kier alpha value is -0.860. The lowest BCUT2D eigenvalue weighted by Crippen LogP contribution is -2.47. The number of unbranched alkanes of at least 4 members (excludes halogenated alkanes) is 1. The SMILES string of the molecule is CCCCN(CC)C(C(C)C)C(NC)c1ccccc1. The first kappa shape index (κ1) is 17.2. The summed E-state index contributed by atoms with van der Waals surface area (Å²) in [5, 5.41) is 3.55. The van der Waals surface area contributed by atoms with Gasteiger partial charge >= 0.3 is 0 Å². The van der Waals surface area contributed by atoms with Crippen LogP contribution in [0.4, 0.5) is 0 Å². The van der Waals surface area contributed by atoms with Crippen LogP contribution in [0.1, 0.15) is 52.1 Å². The highest BCUT2D eigenvalue weighted by molar-refractivity contribution is 5.21. The lowest BCUT2D eigenvalue weighted by atomic mass is 9.89. The molecular weight excluding hydrogens is 244 g/mol. The molecule has 0 aliphatic rings. The maximum Gasteiger partial charge on any atom is 0.0478 e. The summed E-state index contributed by atoms with van der Waals surface area (Å²) in [4.78, 5) is 2.64. The number of hydrogen-bond donors (Lipinski definition) is 1. The van der Waals surface area contributed by atoms with Crippen molar-refractivity contribution in [1.82, 2.24) is 10.2 Å². The van der Waals surface area contributed by atoms with E-state index in [4.69, 9.17) is 0 Å². The third kappa shape index (κ3) is 4.60. The van der Waals surface area contributed by atoms with Gasteiger partial charge in [0.1, 0.15) is 0 Å². The zero-order chi connectivity index (χ0) is 15.0. The number of nitrogens with one attached hydrogen (secondary N) is 1. The van der Waals surface area contributed by atoms with Crippen LogP contribution in [0.25, 0.3) is 0 Å². The molecule has 1 N–H and O–H groups in total. The van der Waals surface area contributed by atoms with E-state index in [9.17, 15) is 0 Å². The predicted octanol–water partition coefficient (Wildman–Crippen LogP) is 4.09. The summed E-state index contributed by atoms with van der Waals surface area (Å²) in [6, 6.07) is 11.8. The molecule has 114 valence electrons. The number of hydrogen-bond acceptors (Lipinski definition) is 2. The van der Waals surface area contributed by atoms with Crippen molar-refractivity contribution in [2.24, 2.45) is 5.92 Å². The minimum absolute atomic E-state index is 0.396. The van der Waals surface area contributed by atoms with Crippen LogP contribution < -0.4 is 5.32 Å². The Morgan fingerprint density at radius 3 is 2.20 bits per heavy atom. The third-order valence-electron chi connectivity index (χ3n) is 4.12. The van der Waals surface area contributed by atoms with Crippen LogP contribution in [-0.4, -0.2) is 31.1 Å². The second-order valence-electron chi connectivity index (χ2n) is 5.89. The molecule has 0 bridgehead atoms. The number of benzene rings is 1. The van der Waals surface area contributed by atoms with Crippen LogP contribution in [0.2, 0.25) is 0 Å². The van der Waals surface area contributed by atoms with Crippen LogP contribution >= 0.6 is 0 Å². The molecule has 0 amide bonds. The van der Waals surface area contributed by atoms with Gasteiger partial charge in [-0.3, -0.25) is 4.90 Å². The van der Waals surface area contributed by atoms with E-state index in [1.165, 1.54) is 24.9 Å². The Bertz CT molecular complexity index is 348. The Morgan fingerprint density at radius 2 is 1.75 bits per heavy atom. The number of rotatable bonds is 9. The summed E-state index contributed by atoms with van der Waals surface area (Å²) in [5.74, 6) is 0.629. The van der Waals surface area contributed by atoms with Gasteiger partial charge in [-0.1, -0.05) is 64.4 Å². The van der Waals surface area contributed by atoms with Crippen LogP contribution in [0.3, 0.4) is 0 Å². The largest absolute Gasteiger partial charge is 0.312 e. The smallest absolute Gasteiger partial charge is 0.0478 e. The summed E-state index contributed by atoms with van der Waals surface area (Å²) in [7, 11) is 2.08. The van der Waals surface area contributed by atoms with Crippen molar-refractivity contribution in [3.63, 3.8) is 0 Å². The molecule has 2 heteroatoms. The molecular formula is C18H32N2. The number of nitrogens with zero attached hydrogens (tertiary/aromatic N) is 1. The van der Waals surface area contributed by atoms with Crippen molar-refractivity contribution in [3.8, 4) is 0 Å². The van der Waals surface area contributed by atoms with E-state index in [2.05, 4.69) is 75.3 Å². The second kappa shape index (κ2) is 9.15. The molecule has 0 heterocycles. The van der Waals surface area contributed by atoms with Crippen molar-refractivity contribution in [2.45, 2.75) is 52.6 Å². The molecule has 2 unspecified atom stereocenters. The Kier molecular flexibility index (Phi) is 7.86.